The first-order valence-electron chi connectivity index (χ1n) is 7.98. The zero-order valence-electron chi connectivity index (χ0n) is 13.1. The molecule has 0 saturated carbocycles. The van der Waals surface area contributed by atoms with Gasteiger partial charge in [-0.15, -0.1) is 12.4 Å². The average Bonchev–Trinajstić information content (AvgIpc) is 2.97. The maximum Gasteiger partial charge on any atom is 0.306 e. The first-order chi connectivity index (χ1) is 10.6. The van der Waals surface area contributed by atoms with Crippen molar-refractivity contribution in [1.29, 1.82) is 0 Å². The van der Waals surface area contributed by atoms with Crippen LogP contribution >= 0.6 is 12.4 Å². The highest BCUT2D eigenvalue weighted by atomic mass is 35.5. The molecule has 1 fully saturated rings. The number of para-hydroxylation sites is 1. The minimum absolute atomic E-state index is 0. The minimum Gasteiger partial charge on any atom is -0.481 e. The number of carbonyl (C=O) groups is 2. The fourth-order valence-electron chi connectivity index (χ4n) is 3.39. The maximum absolute atomic E-state index is 12.4. The summed E-state index contributed by atoms with van der Waals surface area (Å²) in [6.07, 6.45) is 2.82. The standard InChI is InChI=1S/C17H22N2O3.ClH/c20-16(19-12-7-13-3-1-2-4-15(13)19)8-11-18-9-5-14(6-10-18)17(21)22;/h1-4,14H,5-12H2,(H,21,22);1H. The largest absolute Gasteiger partial charge is 0.481 e. The van der Waals surface area contributed by atoms with Crippen LogP contribution in [0.2, 0.25) is 0 Å². The number of amides is 1. The number of fused-ring (bicyclic) bond motifs is 1. The number of carbonyl (C=O) groups excluding carboxylic acids is 1. The molecule has 1 aromatic carbocycles. The van der Waals surface area contributed by atoms with E-state index in [1.165, 1.54) is 5.56 Å². The van der Waals surface area contributed by atoms with E-state index in [0.717, 1.165) is 38.3 Å². The first-order valence-corrected chi connectivity index (χ1v) is 7.98. The lowest BCUT2D eigenvalue weighted by Crippen LogP contribution is -2.39. The molecule has 2 heterocycles. The van der Waals surface area contributed by atoms with Crippen LogP contribution in [0.25, 0.3) is 0 Å². The van der Waals surface area contributed by atoms with Crippen LogP contribution in [0.3, 0.4) is 0 Å². The molecule has 3 rings (SSSR count). The van der Waals surface area contributed by atoms with Crippen molar-refractivity contribution in [3.05, 3.63) is 29.8 Å². The van der Waals surface area contributed by atoms with Crippen LogP contribution in [-0.2, 0) is 16.0 Å². The Morgan fingerprint density at radius 3 is 2.52 bits per heavy atom. The number of likely N-dealkylation sites (tertiary alicyclic amines) is 1. The molecule has 1 aromatic rings. The van der Waals surface area contributed by atoms with E-state index in [2.05, 4.69) is 11.0 Å². The lowest BCUT2D eigenvalue weighted by atomic mass is 9.97. The Morgan fingerprint density at radius 2 is 1.83 bits per heavy atom. The summed E-state index contributed by atoms with van der Waals surface area (Å²) < 4.78 is 0. The predicted octanol–water partition coefficient (Wildman–Crippen LogP) is 2.18. The van der Waals surface area contributed by atoms with Gasteiger partial charge in [-0.25, -0.2) is 0 Å². The van der Waals surface area contributed by atoms with Crippen molar-refractivity contribution in [2.45, 2.75) is 25.7 Å². The Labute approximate surface area is 142 Å². The fourth-order valence-corrected chi connectivity index (χ4v) is 3.39. The summed E-state index contributed by atoms with van der Waals surface area (Å²) >= 11 is 0. The highest BCUT2D eigenvalue weighted by molar-refractivity contribution is 5.95. The lowest BCUT2D eigenvalue weighted by molar-refractivity contribution is -0.143. The van der Waals surface area contributed by atoms with Gasteiger partial charge in [0.1, 0.15) is 0 Å². The Hall–Kier alpha value is -1.59. The van der Waals surface area contributed by atoms with E-state index >= 15 is 0 Å². The molecule has 2 aliphatic rings. The number of rotatable bonds is 4. The van der Waals surface area contributed by atoms with Crippen molar-refractivity contribution in [3.8, 4) is 0 Å². The molecule has 0 atom stereocenters. The number of hydrogen-bond donors (Lipinski definition) is 1. The van der Waals surface area contributed by atoms with Gasteiger partial charge in [0.25, 0.3) is 0 Å². The number of anilines is 1. The number of aliphatic carboxylic acids is 1. The van der Waals surface area contributed by atoms with Crippen LogP contribution in [0.5, 0.6) is 0 Å². The molecule has 0 aromatic heterocycles. The second-order valence-electron chi connectivity index (χ2n) is 6.13. The summed E-state index contributed by atoms with van der Waals surface area (Å²) in [7, 11) is 0. The molecule has 23 heavy (non-hydrogen) atoms. The van der Waals surface area contributed by atoms with Gasteiger partial charge >= 0.3 is 5.97 Å². The normalized spacial score (nSPS) is 18.3. The van der Waals surface area contributed by atoms with Crippen LogP contribution < -0.4 is 4.90 Å². The monoisotopic (exact) mass is 338 g/mol. The second kappa shape index (κ2) is 7.79. The van der Waals surface area contributed by atoms with Crippen molar-refractivity contribution in [2.75, 3.05) is 31.1 Å². The number of nitrogens with zero attached hydrogens (tertiary/aromatic N) is 2. The van der Waals surface area contributed by atoms with Crippen molar-refractivity contribution in [3.63, 3.8) is 0 Å². The van der Waals surface area contributed by atoms with Crippen molar-refractivity contribution < 1.29 is 14.7 Å². The number of halogens is 1. The molecule has 126 valence electrons. The highest BCUT2D eigenvalue weighted by Gasteiger charge is 2.27. The predicted molar refractivity (Wildman–Crippen MR) is 91.2 cm³/mol. The van der Waals surface area contributed by atoms with Crippen molar-refractivity contribution in [2.24, 2.45) is 5.92 Å². The zero-order chi connectivity index (χ0) is 15.5. The van der Waals surface area contributed by atoms with E-state index in [9.17, 15) is 9.59 Å². The van der Waals surface area contributed by atoms with E-state index < -0.39 is 5.97 Å². The third-order valence-corrected chi connectivity index (χ3v) is 4.77. The molecular weight excluding hydrogens is 316 g/mol. The Morgan fingerprint density at radius 1 is 1.13 bits per heavy atom. The number of carboxylic acids is 1. The Bertz CT molecular complexity index is 571. The topological polar surface area (TPSA) is 60.9 Å². The SMILES string of the molecule is Cl.O=C(O)C1CCN(CCC(=O)N2CCc3ccccc32)CC1. The van der Waals surface area contributed by atoms with Crippen LogP contribution in [0.15, 0.2) is 24.3 Å². The molecule has 1 saturated heterocycles. The van der Waals surface area contributed by atoms with Gasteiger partial charge in [0.05, 0.1) is 5.92 Å². The van der Waals surface area contributed by atoms with E-state index in [1.807, 2.05) is 23.1 Å². The molecule has 0 aliphatic carbocycles. The van der Waals surface area contributed by atoms with Crippen LogP contribution in [-0.4, -0.2) is 48.1 Å². The van der Waals surface area contributed by atoms with Crippen LogP contribution in [0, 0.1) is 5.92 Å². The van der Waals surface area contributed by atoms with Gasteiger partial charge in [-0.2, -0.15) is 0 Å². The quantitative estimate of drug-likeness (QED) is 0.914. The van der Waals surface area contributed by atoms with Gasteiger partial charge in [0, 0.05) is 25.2 Å². The van der Waals surface area contributed by atoms with Gasteiger partial charge in [0.2, 0.25) is 5.91 Å². The van der Waals surface area contributed by atoms with Gasteiger partial charge < -0.3 is 14.9 Å². The highest BCUT2D eigenvalue weighted by Crippen LogP contribution is 2.28. The molecule has 5 nitrogen and oxygen atoms in total. The molecule has 1 amide bonds. The summed E-state index contributed by atoms with van der Waals surface area (Å²) in [4.78, 5) is 27.5. The zero-order valence-corrected chi connectivity index (χ0v) is 13.9. The maximum atomic E-state index is 12.4. The Balaban J connectivity index is 0.00000192. The molecule has 2 aliphatic heterocycles. The average molecular weight is 339 g/mol. The summed E-state index contributed by atoms with van der Waals surface area (Å²) in [6.45, 7) is 3.06. The molecule has 6 heteroatoms. The molecule has 1 N–H and O–H groups in total. The molecule has 0 unspecified atom stereocenters. The number of carboxylic acid groups (broad SMARTS) is 1. The van der Waals surface area contributed by atoms with Gasteiger partial charge in [-0.05, 0) is 44.0 Å². The van der Waals surface area contributed by atoms with Crippen LogP contribution in [0.1, 0.15) is 24.8 Å². The number of piperidine rings is 1. The number of hydrogen-bond acceptors (Lipinski definition) is 3. The Kier molecular flexibility index (Phi) is 6.02. The van der Waals surface area contributed by atoms with Gasteiger partial charge in [-0.1, -0.05) is 18.2 Å². The van der Waals surface area contributed by atoms with E-state index in [1.54, 1.807) is 0 Å². The van der Waals surface area contributed by atoms with Crippen molar-refractivity contribution >= 4 is 30.0 Å². The molecule has 0 spiro atoms. The summed E-state index contributed by atoms with van der Waals surface area (Å²) in [5.41, 5.74) is 2.30. The molecular formula is C17H23ClN2O3. The number of benzene rings is 1. The fraction of sp³-hybridized carbons (Fsp3) is 0.529. The summed E-state index contributed by atoms with van der Waals surface area (Å²) in [5.74, 6) is -0.730. The third kappa shape index (κ3) is 4.03. The second-order valence-corrected chi connectivity index (χ2v) is 6.13. The lowest BCUT2D eigenvalue weighted by Gasteiger charge is -2.30. The minimum atomic E-state index is -0.690. The van der Waals surface area contributed by atoms with E-state index in [0.29, 0.717) is 19.3 Å². The molecule has 0 bridgehead atoms. The first kappa shape index (κ1) is 17.8. The molecule has 0 radical (unpaired) electrons. The summed E-state index contributed by atoms with van der Waals surface area (Å²) in [5, 5.41) is 9.00. The van der Waals surface area contributed by atoms with E-state index in [4.69, 9.17) is 5.11 Å². The van der Waals surface area contributed by atoms with Gasteiger partial charge in [0.15, 0.2) is 0 Å². The third-order valence-electron chi connectivity index (χ3n) is 4.77. The van der Waals surface area contributed by atoms with Crippen LogP contribution in [0.4, 0.5) is 5.69 Å². The van der Waals surface area contributed by atoms with E-state index in [-0.39, 0.29) is 24.2 Å². The van der Waals surface area contributed by atoms with Crippen molar-refractivity contribution in [1.82, 2.24) is 4.90 Å². The van der Waals surface area contributed by atoms with Gasteiger partial charge in [-0.3, -0.25) is 9.59 Å². The summed E-state index contributed by atoms with van der Waals surface area (Å²) in [6, 6.07) is 8.08. The smallest absolute Gasteiger partial charge is 0.306 e.